The Hall–Kier alpha value is -0.0800. The summed E-state index contributed by atoms with van der Waals surface area (Å²) in [5, 5.41) is 3.85. The van der Waals surface area contributed by atoms with Crippen molar-refractivity contribution in [1.29, 1.82) is 0 Å². The van der Waals surface area contributed by atoms with Crippen LogP contribution in [0.15, 0.2) is 0 Å². The Labute approximate surface area is 106 Å². The molecule has 2 atom stereocenters. The zero-order valence-corrected chi connectivity index (χ0v) is 11.5. The average Bonchev–Trinajstić information content (AvgIpc) is 3.07. The zero-order valence-electron chi connectivity index (χ0n) is 11.5. The van der Waals surface area contributed by atoms with E-state index in [-0.39, 0.29) is 0 Å². The number of hydrogen-bond acceptors (Lipinski definition) is 2. The Balaban J connectivity index is 1.60. The van der Waals surface area contributed by atoms with Gasteiger partial charge in [-0.25, -0.2) is 0 Å². The third-order valence-electron chi connectivity index (χ3n) is 5.41. The molecule has 0 aromatic carbocycles. The van der Waals surface area contributed by atoms with Crippen LogP contribution in [0.25, 0.3) is 0 Å². The number of nitrogens with zero attached hydrogens (tertiary/aromatic N) is 1. The Morgan fingerprint density at radius 1 is 1.29 bits per heavy atom. The first kappa shape index (κ1) is 12.0. The van der Waals surface area contributed by atoms with Gasteiger partial charge in [-0.1, -0.05) is 19.8 Å². The van der Waals surface area contributed by atoms with Crippen molar-refractivity contribution in [3.05, 3.63) is 0 Å². The second-order valence-electron chi connectivity index (χ2n) is 6.96. The Kier molecular flexibility index (Phi) is 3.20. The molecule has 1 saturated heterocycles. The van der Waals surface area contributed by atoms with Crippen molar-refractivity contribution in [3.8, 4) is 0 Å². The maximum absolute atomic E-state index is 3.85. The van der Waals surface area contributed by atoms with Gasteiger partial charge in [0.25, 0.3) is 0 Å². The Morgan fingerprint density at radius 2 is 2.00 bits per heavy atom. The van der Waals surface area contributed by atoms with Gasteiger partial charge in [0.15, 0.2) is 0 Å². The highest BCUT2D eigenvalue weighted by atomic mass is 15.3. The Morgan fingerprint density at radius 3 is 2.65 bits per heavy atom. The van der Waals surface area contributed by atoms with Crippen LogP contribution in [0.5, 0.6) is 0 Å². The predicted molar refractivity (Wildman–Crippen MR) is 72.1 cm³/mol. The molecule has 1 N–H and O–H groups in total. The number of hydrogen-bond donors (Lipinski definition) is 1. The van der Waals surface area contributed by atoms with Gasteiger partial charge >= 0.3 is 0 Å². The molecule has 2 aliphatic carbocycles. The van der Waals surface area contributed by atoms with Crippen molar-refractivity contribution >= 4 is 0 Å². The highest BCUT2D eigenvalue weighted by Crippen LogP contribution is 2.38. The first-order chi connectivity index (χ1) is 8.19. The molecule has 0 bridgehead atoms. The van der Waals surface area contributed by atoms with Crippen LogP contribution in [-0.4, -0.2) is 36.1 Å². The molecular weight excluding hydrogens is 208 g/mol. The number of nitrogens with one attached hydrogen (secondary N) is 1. The van der Waals surface area contributed by atoms with E-state index in [9.17, 15) is 0 Å². The summed E-state index contributed by atoms with van der Waals surface area (Å²) in [6.45, 7) is 8.72. The van der Waals surface area contributed by atoms with Crippen molar-refractivity contribution in [2.24, 2.45) is 11.8 Å². The summed E-state index contributed by atoms with van der Waals surface area (Å²) in [6.07, 6.45) is 8.68. The van der Waals surface area contributed by atoms with Gasteiger partial charge in [-0.05, 0) is 44.4 Å². The lowest BCUT2D eigenvalue weighted by Gasteiger charge is -2.46. The van der Waals surface area contributed by atoms with Gasteiger partial charge in [-0.15, -0.1) is 0 Å². The molecule has 98 valence electrons. The maximum Gasteiger partial charge on any atom is 0.0309 e. The van der Waals surface area contributed by atoms with E-state index >= 15 is 0 Å². The van der Waals surface area contributed by atoms with Crippen LogP contribution >= 0.6 is 0 Å². The van der Waals surface area contributed by atoms with Gasteiger partial charge < -0.3 is 5.32 Å². The van der Waals surface area contributed by atoms with E-state index in [0.717, 1.165) is 17.9 Å². The summed E-state index contributed by atoms with van der Waals surface area (Å²) in [5.74, 6) is 1.98. The fourth-order valence-corrected chi connectivity index (χ4v) is 3.91. The quantitative estimate of drug-likeness (QED) is 0.810. The molecule has 1 heterocycles. The number of piperazine rings is 1. The normalized spacial score (nSPS) is 35.3. The van der Waals surface area contributed by atoms with Gasteiger partial charge in [-0.3, -0.25) is 4.90 Å². The lowest BCUT2D eigenvalue weighted by Crippen LogP contribution is -2.62. The molecular formula is C15H28N2. The molecule has 2 saturated carbocycles. The third-order valence-corrected chi connectivity index (χ3v) is 5.41. The first-order valence-corrected chi connectivity index (χ1v) is 7.68. The zero-order chi connectivity index (χ0) is 11.9. The minimum atomic E-state index is 0.496. The minimum Gasteiger partial charge on any atom is -0.308 e. The highest BCUT2D eigenvalue weighted by molar-refractivity contribution is 5.00. The van der Waals surface area contributed by atoms with Crippen LogP contribution < -0.4 is 5.32 Å². The van der Waals surface area contributed by atoms with E-state index in [1.165, 1.54) is 58.2 Å². The third kappa shape index (κ3) is 2.53. The van der Waals surface area contributed by atoms with Gasteiger partial charge in [0, 0.05) is 31.2 Å². The molecule has 1 aliphatic heterocycles. The van der Waals surface area contributed by atoms with Crippen LogP contribution in [0.1, 0.15) is 52.4 Å². The fourth-order valence-electron chi connectivity index (χ4n) is 3.91. The van der Waals surface area contributed by atoms with E-state index in [0.29, 0.717) is 5.54 Å². The first-order valence-electron chi connectivity index (χ1n) is 7.68. The molecule has 3 fully saturated rings. The lowest BCUT2D eigenvalue weighted by atomic mass is 9.91. The molecule has 3 aliphatic rings. The summed E-state index contributed by atoms with van der Waals surface area (Å²) < 4.78 is 0. The minimum absolute atomic E-state index is 0.496. The standard InChI is InChI=1S/C15H28N2/c1-12(14-5-6-14)10-17-11-15(7-3-4-8-15)16-9-13(17)2/h12-14,16H,3-11H2,1-2H3. The monoisotopic (exact) mass is 236 g/mol. The summed E-state index contributed by atoms with van der Waals surface area (Å²) >= 11 is 0. The average molecular weight is 236 g/mol. The SMILES string of the molecule is CC(CN1CC2(CCCC2)NCC1C)C1CC1. The van der Waals surface area contributed by atoms with Crippen molar-refractivity contribution in [3.63, 3.8) is 0 Å². The van der Waals surface area contributed by atoms with Crippen molar-refractivity contribution in [1.82, 2.24) is 10.2 Å². The molecule has 1 spiro atoms. The van der Waals surface area contributed by atoms with Crippen LogP contribution in [0, 0.1) is 11.8 Å². The largest absolute Gasteiger partial charge is 0.308 e. The molecule has 2 heteroatoms. The second kappa shape index (κ2) is 4.55. The van der Waals surface area contributed by atoms with Crippen LogP contribution in [-0.2, 0) is 0 Å². The van der Waals surface area contributed by atoms with Crippen molar-refractivity contribution < 1.29 is 0 Å². The topological polar surface area (TPSA) is 15.3 Å². The van der Waals surface area contributed by atoms with E-state index in [1.54, 1.807) is 0 Å². The van der Waals surface area contributed by atoms with E-state index in [4.69, 9.17) is 0 Å². The van der Waals surface area contributed by atoms with Gasteiger partial charge in [0.1, 0.15) is 0 Å². The summed E-state index contributed by atoms with van der Waals surface area (Å²) in [4.78, 5) is 2.78. The van der Waals surface area contributed by atoms with E-state index in [1.807, 2.05) is 0 Å². The van der Waals surface area contributed by atoms with Crippen LogP contribution in [0.3, 0.4) is 0 Å². The lowest BCUT2D eigenvalue weighted by molar-refractivity contribution is 0.0735. The van der Waals surface area contributed by atoms with E-state index in [2.05, 4.69) is 24.1 Å². The summed E-state index contributed by atoms with van der Waals surface area (Å²) in [5.41, 5.74) is 0.496. The van der Waals surface area contributed by atoms with Crippen LogP contribution in [0.4, 0.5) is 0 Å². The van der Waals surface area contributed by atoms with Gasteiger partial charge in [-0.2, -0.15) is 0 Å². The van der Waals surface area contributed by atoms with Crippen molar-refractivity contribution in [2.75, 3.05) is 19.6 Å². The molecule has 3 rings (SSSR count). The molecule has 0 aromatic heterocycles. The molecule has 2 unspecified atom stereocenters. The maximum atomic E-state index is 3.85. The molecule has 0 amide bonds. The molecule has 17 heavy (non-hydrogen) atoms. The molecule has 2 nitrogen and oxygen atoms in total. The summed E-state index contributed by atoms with van der Waals surface area (Å²) in [6, 6.07) is 0.738. The molecule has 0 radical (unpaired) electrons. The van der Waals surface area contributed by atoms with Gasteiger partial charge in [0.2, 0.25) is 0 Å². The smallest absolute Gasteiger partial charge is 0.0309 e. The second-order valence-corrected chi connectivity index (χ2v) is 6.96. The molecule has 0 aromatic rings. The van der Waals surface area contributed by atoms with E-state index < -0.39 is 0 Å². The van der Waals surface area contributed by atoms with Gasteiger partial charge in [0.05, 0.1) is 0 Å². The predicted octanol–water partition coefficient (Wildman–Crippen LogP) is 2.64. The van der Waals surface area contributed by atoms with Crippen molar-refractivity contribution in [2.45, 2.75) is 64.0 Å². The number of rotatable bonds is 3. The Bertz CT molecular complexity index is 266. The highest BCUT2D eigenvalue weighted by Gasteiger charge is 2.41. The van der Waals surface area contributed by atoms with Crippen LogP contribution in [0.2, 0.25) is 0 Å². The summed E-state index contributed by atoms with van der Waals surface area (Å²) in [7, 11) is 0. The fraction of sp³-hybridized carbons (Fsp3) is 1.00.